The molecule has 3 aromatic carbocycles. The maximum Gasteiger partial charge on any atom is 0.295 e. The van der Waals surface area contributed by atoms with Gasteiger partial charge in [-0.05, 0) is 72.4 Å². The molecular formula is C28H24ClNO3. The fraction of sp³-hybridized carbons (Fsp3) is 0.214. The zero-order valence-corrected chi connectivity index (χ0v) is 19.7. The summed E-state index contributed by atoms with van der Waals surface area (Å²) in [6.45, 7) is 8.31. The van der Waals surface area contributed by atoms with Crippen LogP contribution in [0.25, 0.3) is 11.0 Å². The van der Waals surface area contributed by atoms with Crippen LogP contribution in [0, 0.1) is 13.8 Å². The first kappa shape index (κ1) is 21.5. The van der Waals surface area contributed by atoms with Gasteiger partial charge in [0.1, 0.15) is 5.58 Å². The fourth-order valence-electron chi connectivity index (χ4n) is 4.47. The molecule has 1 aliphatic heterocycles. The number of halogens is 1. The Hall–Kier alpha value is -3.37. The Morgan fingerprint density at radius 3 is 2.30 bits per heavy atom. The number of fused-ring (bicyclic) bond motifs is 2. The van der Waals surface area contributed by atoms with Crippen LogP contribution in [0.4, 0.5) is 5.69 Å². The minimum Gasteiger partial charge on any atom is -0.450 e. The van der Waals surface area contributed by atoms with Gasteiger partial charge in [0, 0.05) is 10.7 Å². The Labute approximate surface area is 197 Å². The third-order valence-electron chi connectivity index (χ3n) is 6.52. The van der Waals surface area contributed by atoms with Crippen LogP contribution in [0.2, 0.25) is 5.02 Å². The number of anilines is 1. The number of aryl methyl sites for hydroxylation is 2. The Balaban J connectivity index is 1.79. The average Bonchev–Trinajstić information content (AvgIpc) is 3.09. The van der Waals surface area contributed by atoms with E-state index in [-0.39, 0.29) is 17.1 Å². The summed E-state index contributed by atoms with van der Waals surface area (Å²) in [6, 6.07) is 18.3. The number of carbonyl (C=O) groups is 1. The maximum absolute atomic E-state index is 13.7. The number of benzene rings is 3. The number of rotatable bonds is 3. The van der Waals surface area contributed by atoms with Crippen molar-refractivity contribution in [1.82, 2.24) is 0 Å². The summed E-state index contributed by atoms with van der Waals surface area (Å²) >= 11 is 6.17. The van der Waals surface area contributed by atoms with Crippen molar-refractivity contribution in [3.8, 4) is 0 Å². The van der Waals surface area contributed by atoms with E-state index in [9.17, 15) is 9.59 Å². The molecule has 166 valence electrons. The van der Waals surface area contributed by atoms with E-state index in [2.05, 4.69) is 26.0 Å². The highest BCUT2D eigenvalue weighted by molar-refractivity contribution is 6.31. The number of hydrogen-bond donors (Lipinski definition) is 0. The topological polar surface area (TPSA) is 50.5 Å². The van der Waals surface area contributed by atoms with Crippen LogP contribution < -0.4 is 10.3 Å². The predicted octanol–water partition coefficient (Wildman–Crippen LogP) is 6.94. The number of nitrogens with zero attached hydrogens (tertiary/aromatic N) is 1. The highest BCUT2D eigenvalue weighted by Gasteiger charge is 2.43. The Kier molecular flexibility index (Phi) is 5.13. The lowest BCUT2D eigenvalue weighted by Crippen LogP contribution is -2.29. The number of carbonyl (C=O) groups excluding carboxylic acids is 1. The summed E-state index contributed by atoms with van der Waals surface area (Å²) in [6.07, 6.45) is 0. The van der Waals surface area contributed by atoms with E-state index >= 15 is 0 Å². The molecule has 5 heteroatoms. The standard InChI is InChI=1S/C28H24ClNO3/c1-15(2)18-6-8-19(9-7-18)25-24-26(31)22-14-20(29)10-12-23(22)33-27(24)28(32)30(25)21-11-5-16(3)17(4)13-21/h5-15,25H,1-4H3. The molecule has 1 aromatic heterocycles. The van der Waals surface area contributed by atoms with Crippen molar-refractivity contribution in [2.45, 2.75) is 39.7 Å². The van der Waals surface area contributed by atoms with Gasteiger partial charge in [-0.25, -0.2) is 0 Å². The van der Waals surface area contributed by atoms with E-state index < -0.39 is 6.04 Å². The van der Waals surface area contributed by atoms with Crippen LogP contribution in [-0.4, -0.2) is 5.91 Å². The molecule has 4 aromatic rings. The van der Waals surface area contributed by atoms with E-state index in [4.69, 9.17) is 16.0 Å². The molecule has 5 rings (SSSR count). The first-order valence-corrected chi connectivity index (χ1v) is 11.4. The lowest BCUT2D eigenvalue weighted by atomic mass is 9.95. The molecule has 2 heterocycles. The van der Waals surface area contributed by atoms with E-state index in [1.165, 1.54) is 5.56 Å². The smallest absolute Gasteiger partial charge is 0.295 e. The summed E-state index contributed by atoms with van der Waals surface area (Å²) in [5.74, 6) is 0.148. The SMILES string of the molecule is Cc1ccc(N2C(=O)c3oc4ccc(Cl)cc4c(=O)c3C2c2ccc(C(C)C)cc2)cc1C. The molecule has 1 aliphatic rings. The summed E-state index contributed by atoms with van der Waals surface area (Å²) < 4.78 is 6.02. The van der Waals surface area contributed by atoms with Crippen molar-refractivity contribution < 1.29 is 9.21 Å². The van der Waals surface area contributed by atoms with Gasteiger partial charge in [-0.1, -0.05) is 55.8 Å². The number of hydrogen-bond acceptors (Lipinski definition) is 3. The van der Waals surface area contributed by atoms with Gasteiger partial charge in [0.15, 0.2) is 5.43 Å². The first-order valence-electron chi connectivity index (χ1n) is 11.0. The molecule has 0 fully saturated rings. The van der Waals surface area contributed by atoms with Gasteiger partial charge >= 0.3 is 0 Å². The number of amides is 1. The summed E-state index contributed by atoms with van der Waals surface area (Å²) in [5, 5.41) is 0.822. The fourth-order valence-corrected chi connectivity index (χ4v) is 4.64. The van der Waals surface area contributed by atoms with Gasteiger partial charge in [-0.2, -0.15) is 0 Å². The van der Waals surface area contributed by atoms with Crippen LogP contribution >= 0.6 is 11.6 Å². The van der Waals surface area contributed by atoms with Gasteiger partial charge in [0.05, 0.1) is 17.0 Å². The molecule has 0 aliphatic carbocycles. The second-order valence-electron chi connectivity index (χ2n) is 8.98. The largest absolute Gasteiger partial charge is 0.450 e. The van der Waals surface area contributed by atoms with E-state index in [1.807, 2.05) is 44.2 Å². The second-order valence-corrected chi connectivity index (χ2v) is 9.42. The van der Waals surface area contributed by atoms with Crippen LogP contribution in [0.1, 0.15) is 64.2 Å². The van der Waals surface area contributed by atoms with E-state index in [0.29, 0.717) is 27.5 Å². The van der Waals surface area contributed by atoms with Crippen molar-refractivity contribution in [3.05, 3.63) is 109 Å². The summed E-state index contributed by atoms with van der Waals surface area (Å²) in [5.41, 5.74) is 5.46. The molecule has 0 spiro atoms. The molecule has 33 heavy (non-hydrogen) atoms. The van der Waals surface area contributed by atoms with Crippen molar-refractivity contribution >= 4 is 34.2 Å². The zero-order chi connectivity index (χ0) is 23.4. The monoisotopic (exact) mass is 457 g/mol. The lowest BCUT2D eigenvalue weighted by molar-refractivity contribution is 0.0971. The minimum absolute atomic E-state index is 0.0889. The highest BCUT2D eigenvalue weighted by atomic mass is 35.5. The van der Waals surface area contributed by atoms with E-state index in [1.54, 1.807) is 23.1 Å². The van der Waals surface area contributed by atoms with Crippen LogP contribution in [0.5, 0.6) is 0 Å². The van der Waals surface area contributed by atoms with Crippen LogP contribution in [-0.2, 0) is 0 Å². The van der Waals surface area contributed by atoms with Crippen molar-refractivity contribution in [2.24, 2.45) is 0 Å². The van der Waals surface area contributed by atoms with Crippen LogP contribution in [0.15, 0.2) is 69.9 Å². The molecule has 0 saturated heterocycles. The molecule has 1 amide bonds. The average molecular weight is 458 g/mol. The molecule has 0 saturated carbocycles. The molecule has 0 N–H and O–H groups in total. The third-order valence-corrected chi connectivity index (χ3v) is 6.75. The molecule has 1 atom stereocenters. The van der Waals surface area contributed by atoms with Crippen LogP contribution in [0.3, 0.4) is 0 Å². The van der Waals surface area contributed by atoms with Gasteiger partial charge in [0.2, 0.25) is 5.76 Å². The lowest BCUT2D eigenvalue weighted by Gasteiger charge is -2.26. The zero-order valence-electron chi connectivity index (χ0n) is 19.0. The normalized spacial score (nSPS) is 15.5. The quantitative estimate of drug-likeness (QED) is 0.335. The Bertz CT molecular complexity index is 1470. The Morgan fingerprint density at radius 2 is 1.64 bits per heavy atom. The maximum atomic E-state index is 13.7. The predicted molar refractivity (Wildman–Crippen MR) is 133 cm³/mol. The van der Waals surface area contributed by atoms with Gasteiger partial charge in [0.25, 0.3) is 5.91 Å². The molecule has 1 unspecified atom stereocenters. The highest BCUT2D eigenvalue weighted by Crippen LogP contribution is 2.42. The first-order chi connectivity index (χ1) is 15.8. The Morgan fingerprint density at radius 1 is 0.909 bits per heavy atom. The molecule has 0 radical (unpaired) electrons. The van der Waals surface area contributed by atoms with Crippen molar-refractivity contribution in [2.75, 3.05) is 4.90 Å². The molecule has 0 bridgehead atoms. The molecule has 4 nitrogen and oxygen atoms in total. The summed E-state index contributed by atoms with van der Waals surface area (Å²) in [7, 11) is 0. The van der Waals surface area contributed by atoms with Gasteiger partial charge in [-0.3, -0.25) is 14.5 Å². The third kappa shape index (κ3) is 3.46. The molecular weight excluding hydrogens is 434 g/mol. The van der Waals surface area contributed by atoms with E-state index in [0.717, 1.165) is 22.4 Å². The van der Waals surface area contributed by atoms with Gasteiger partial charge in [-0.15, -0.1) is 0 Å². The van der Waals surface area contributed by atoms with Gasteiger partial charge < -0.3 is 4.42 Å². The van der Waals surface area contributed by atoms with Crippen molar-refractivity contribution in [3.63, 3.8) is 0 Å². The van der Waals surface area contributed by atoms with Crippen molar-refractivity contribution in [1.29, 1.82) is 0 Å². The second kappa shape index (κ2) is 7.89. The summed E-state index contributed by atoms with van der Waals surface area (Å²) in [4.78, 5) is 29.0. The minimum atomic E-state index is -0.588.